The van der Waals surface area contributed by atoms with Gasteiger partial charge in [-0.2, -0.15) is 0 Å². The summed E-state index contributed by atoms with van der Waals surface area (Å²) in [4.78, 5) is 12.3. The zero-order chi connectivity index (χ0) is 13.7. The van der Waals surface area contributed by atoms with Crippen LogP contribution in [0.25, 0.3) is 0 Å². The third-order valence-corrected chi connectivity index (χ3v) is 3.60. The Hall–Kier alpha value is -1.55. The molecule has 3 N–H and O–H groups in total. The number of nitrogens with one attached hydrogen (secondary N) is 1. The summed E-state index contributed by atoms with van der Waals surface area (Å²) in [7, 11) is 0. The van der Waals surface area contributed by atoms with Crippen LogP contribution < -0.4 is 11.1 Å². The molecule has 104 valence electrons. The van der Waals surface area contributed by atoms with Crippen molar-refractivity contribution in [3.05, 3.63) is 29.8 Å². The van der Waals surface area contributed by atoms with E-state index >= 15 is 0 Å². The minimum Gasteiger partial charge on any atom is -0.399 e. The van der Waals surface area contributed by atoms with Crippen LogP contribution in [0, 0.1) is 0 Å². The minimum atomic E-state index is -0.306. The number of carbonyl (C=O) groups is 1. The highest BCUT2D eigenvalue weighted by atomic mass is 16.5. The molecule has 0 bridgehead atoms. The van der Waals surface area contributed by atoms with Gasteiger partial charge in [0, 0.05) is 25.4 Å². The van der Waals surface area contributed by atoms with Crippen molar-refractivity contribution in [2.45, 2.75) is 31.6 Å². The van der Waals surface area contributed by atoms with Crippen LogP contribution in [0.15, 0.2) is 24.3 Å². The standard InChI is InChI=1S/C15H22N2O2/c1-2-19-11-3-10-17-14(18)15(8-9-15)12-4-6-13(16)7-5-12/h4-7H,2-3,8-11,16H2,1H3,(H,17,18). The molecular weight excluding hydrogens is 240 g/mol. The molecule has 4 nitrogen and oxygen atoms in total. The molecule has 1 aliphatic rings. The number of ether oxygens (including phenoxy) is 1. The molecule has 0 atom stereocenters. The summed E-state index contributed by atoms with van der Waals surface area (Å²) in [5.74, 6) is 0.133. The van der Waals surface area contributed by atoms with E-state index in [-0.39, 0.29) is 11.3 Å². The lowest BCUT2D eigenvalue weighted by Crippen LogP contribution is -2.35. The monoisotopic (exact) mass is 262 g/mol. The van der Waals surface area contributed by atoms with Crippen LogP contribution in [0.5, 0.6) is 0 Å². The van der Waals surface area contributed by atoms with Crippen molar-refractivity contribution in [2.75, 3.05) is 25.5 Å². The number of carbonyl (C=O) groups excluding carboxylic acids is 1. The Labute approximate surface area is 114 Å². The van der Waals surface area contributed by atoms with E-state index in [1.54, 1.807) is 0 Å². The first-order valence-electron chi connectivity index (χ1n) is 6.91. The smallest absolute Gasteiger partial charge is 0.230 e. The van der Waals surface area contributed by atoms with E-state index in [9.17, 15) is 4.79 Å². The zero-order valence-electron chi connectivity index (χ0n) is 11.4. The maximum Gasteiger partial charge on any atom is 0.230 e. The van der Waals surface area contributed by atoms with Crippen molar-refractivity contribution >= 4 is 11.6 Å². The van der Waals surface area contributed by atoms with Gasteiger partial charge in [-0.05, 0) is 43.9 Å². The van der Waals surface area contributed by atoms with Crippen LogP contribution in [0.1, 0.15) is 31.7 Å². The number of hydrogen-bond acceptors (Lipinski definition) is 3. The third-order valence-electron chi connectivity index (χ3n) is 3.60. The molecule has 0 heterocycles. The molecule has 0 spiro atoms. The van der Waals surface area contributed by atoms with Crippen molar-refractivity contribution < 1.29 is 9.53 Å². The first-order valence-corrected chi connectivity index (χ1v) is 6.91. The second kappa shape index (κ2) is 6.06. The Morgan fingerprint density at radius 1 is 1.37 bits per heavy atom. The van der Waals surface area contributed by atoms with Crippen LogP contribution in [-0.4, -0.2) is 25.7 Å². The van der Waals surface area contributed by atoms with E-state index in [2.05, 4.69) is 5.32 Å². The van der Waals surface area contributed by atoms with Crippen molar-refractivity contribution in [1.82, 2.24) is 5.32 Å². The Morgan fingerprint density at radius 3 is 2.63 bits per heavy atom. The number of nitrogens with two attached hydrogens (primary N) is 1. The fourth-order valence-electron chi connectivity index (χ4n) is 2.26. The molecule has 0 saturated heterocycles. The van der Waals surface area contributed by atoms with Crippen LogP contribution in [-0.2, 0) is 14.9 Å². The minimum absolute atomic E-state index is 0.133. The predicted molar refractivity (Wildman–Crippen MR) is 75.9 cm³/mol. The average Bonchev–Trinajstić information content (AvgIpc) is 3.21. The van der Waals surface area contributed by atoms with Crippen LogP contribution in [0.4, 0.5) is 5.69 Å². The molecule has 1 amide bonds. The van der Waals surface area contributed by atoms with Gasteiger partial charge >= 0.3 is 0 Å². The van der Waals surface area contributed by atoms with Gasteiger partial charge in [0.15, 0.2) is 0 Å². The Balaban J connectivity index is 1.86. The van der Waals surface area contributed by atoms with Gasteiger partial charge in [0.25, 0.3) is 0 Å². The van der Waals surface area contributed by atoms with Crippen molar-refractivity contribution in [1.29, 1.82) is 0 Å². The molecule has 4 heteroatoms. The highest BCUT2D eigenvalue weighted by molar-refractivity contribution is 5.91. The number of nitrogen functional groups attached to an aromatic ring is 1. The van der Waals surface area contributed by atoms with E-state index < -0.39 is 0 Å². The molecule has 1 fully saturated rings. The molecule has 0 radical (unpaired) electrons. The summed E-state index contributed by atoms with van der Waals surface area (Å²) in [5, 5.41) is 3.01. The molecule has 0 unspecified atom stereocenters. The summed E-state index contributed by atoms with van der Waals surface area (Å²) in [6, 6.07) is 7.64. The Morgan fingerprint density at radius 2 is 2.05 bits per heavy atom. The van der Waals surface area contributed by atoms with Gasteiger partial charge in [0.05, 0.1) is 5.41 Å². The van der Waals surface area contributed by atoms with Gasteiger partial charge < -0.3 is 15.8 Å². The molecule has 1 aliphatic carbocycles. The first kappa shape index (κ1) is 13.9. The topological polar surface area (TPSA) is 64.3 Å². The fraction of sp³-hybridized carbons (Fsp3) is 0.533. The normalized spacial score (nSPS) is 16.1. The van der Waals surface area contributed by atoms with Crippen LogP contribution in [0.2, 0.25) is 0 Å². The summed E-state index contributed by atoms with van der Waals surface area (Å²) < 4.78 is 5.25. The van der Waals surface area contributed by atoms with E-state index in [1.165, 1.54) is 0 Å². The molecular formula is C15H22N2O2. The van der Waals surface area contributed by atoms with Gasteiger partial charge in [-0.15, -0.1) is 0 Å². The highest BCUT2D eigenvalue weighted by Gasteiger charge is 2.50. The summed E-state index contributed by atoms with van der Waals surface area (Å²) in [6.07, 6.45) is 2.71. The molecule has 2 rings (SSSR count). The largest absolute Gasteiger partial charge is 0.399 e. The number of rotatable bonds is 7. The maximum absolute atomic E-state index is 12.3. The second-order valence-corrected chi connectivity index (χ2v) is 5.01. The first-order chi connectivity index (χ1) is 9.19. The number of benzene rings is 1. The summed E-state index contributed by atoms with van der Waals surface area (Å²) in [5.41, 5.74) is 7.18. The maximum atomic E-state index is 12.3. The van der Waals surface area contributed by atoms with E-state index in [0.29, 0.717) is 13.2 Å². The lowest BCUT2D eigenvalue weighted by atomic mass is 9.95. The van der Waals surface area contributed by atoms with E-state index in [0.717, 1.165) is 37.1 Å². The number of anilines is 1. The van der Waals surface area contributed by atoms with Gasteiger partial charge in [-0.3, -0.25) is 4.79 Å². The lowest BCUT2D eigenvalue weighted by molar-refractivity contribution is -0.123. The highest BCUT2D eigenvalue weighted by Crippen LogP contribution is 2.48. The van der Waals surface area contributed by atoms with Crippen molar-refractivity contribution in [3.63, 3.8) is 0 Å². The van der Waals surface area contributed by atoms with E-state index in [1.807, 2.05) is 31.2 Å². The molecule has 0 aromatic heterocycles. The number of hydrogen-bond donors (Lipinski definition) is 2. The van der Waals surface area contributed by atoms with E-state index in [4.69, 9.17) is 10.5 Å². The third kappa shape index (κ3) is 3.26. The molecule has 0 aliphatic heterocycles. The quantitative estimate of drug-likeness (QED) is 0.582. The van der Waals surface area contributed by atoms with Gasteiger partial charge in [-0.1, -0.05) is 12.1 Å². The van der Waals surface area contributed by atoms with Gasteiger partial charge in [-0.25, -0.2) is 0 Å². The SMILES string of the molecule is CCOCCCNC(=O)C1(c2ccc(N)cc2)CC1. The van der Waals surface area contributed by atoms with Crippen LogP contribution in [0.3, 0.4) is 0 Å². The van der Waals surface area contributed by atoms with Crippen molar-refractivity contribution in [3.8, 4) is 0 Å². The predicted octanol–water partition coefficient (Wildman–Crippen LogP) is 1.84. The number of amides is 1. The van der Waals surface area contributed by atoms with Crippen molar-refractivity contribution in [2.24, 2.45) is 0 Å². The molecule has 1 aromatic rings. The molecule has 19 heavy (non-hydrogen) atoms. The Kier molecular flexibility index (Phi) is 4.43. The lowest BCUT2D eigenvalue weighted by Gasteiger charge is -2.16. The molecule has 1 saturated carbocycles. The Bertz CT molecular complexity index is 424. The van der Waals surface area contributed by atoms with Crippen LogP contribution >= 0.6 is 0 Å². The second-order valence-electron chi connectivity index (χ2n) is 5.01. The fourth-order valence-corrected chi connectivity index (χ4v) is 2.26. The molecule has 1 aromatic carbocycles. The zero-order valence-corrected chi connectivity index (χ0v) is 11.4. The summed E-state index contributed by atoms with van der Waals surface area (Å²) >= 11 is 0. The van der Waals surface area contributed by atoms with Gasteiger partial charge in [0.1, 0.15) is 0 Å². The average molecular weight is 262 g/mol. The van der Waals surface area contributed by atoms with Gasteiger partial charge in [0.2, 0.25) is 5.91 Å². The summed E-state index contributed by atoms with van der Waals surface area (Å²) in [6.45, 7) is 4.07.